The summed E-state index contributed by atoms with van der Waals surface area (Å²) in [5.74, 6) is 0. The number of nitrogens with one attached hydrogen (secondary N) is 1. The number of H-pyrrole nitrogens is 1. The Labute approximate surface area is 135 Å². The number of nitrogens with zero attached hydrogens (tertiary/aromatic N) is 1. The smallest absolute Gasteiger partial charge is 0.361 e. The first-order valence-corrected chi connectivity index (χ1v) is 7.17. The van der Waals surface area contributed by atoms with Gasteiger partial charge in [0, 0.05) is 27.6 Å². The van der Waals surface area contributed by atoms with E-state index in [9.17, 15) is 23.3 Å². The lowest BCUT2D eigenvalue weighted by molar-refractivity contribution is -0.498. The average molecular weight is 334 g/mol. The van der Waals surface area contributed by atoms with Gasteiger partial charge in [-0.2, -0.15) is 13.2 Å². The molecule has 0 aliphatic rings. The van der Waals surface area contributed by atoms with Crippen LogP contribution in [0.5, 0.6) is 0 Å². The zero-order chi connectivity index (χ0) is 17.4. The number of hydrogen-bond donors (Lipinski definition) is 1. The molecule has 0 aliphatic carbocycles. The maximum atomic E-state index is 14.2. The summed E-state index contributed by atoms with van der Waals surface area (Å²) in [6, 6.07) is 13.5. The molecule has 0 spiro atoms. The Morgan fingerprint density at radius 1 is 1.00 bits per heavy atom. The van der Waals surface area contributed by atoms with E-state index in [1.165, 1.54) is 36.5 Å². The molecule has 4 nitrogen and oxygen atoms in total. The van der Waals surface area contributed by atoms with Gasteiger partial charge in [0.05, 0.1) is 0 Å². The van der Waals surface area contributed by atoms with E-state index >= 15 is 0 Å². The number of halogens is 3. The van der Waals surface area contributed by atoms with Crippen molar-refractivity contribution in [2.24, 2.45) is 0 Å². The molecule has 2 aromatic carbocycles. The Bertz CT molecular complexity index is 874. The molecule has 3 aromatic rings. The predicted octanol–water partition coefficient (Wildman–Crippen LogP) is 4.29. The highest BCUT2D eigenvalue weighted by molar-refractivity contribution is 5.85. The van der Waals surface area contributed by atoms with Crippen LogP contribution in [0, 0.1) is 10.1 Å². The van der Waals surface area contributed by atoms with Crippen molar-refractivity contribution in [2.45, 2.75) is 11.6 Å². The first-order chi connectivity index (χ1) is 11.4. The van der Waals surface area contributed by atoms with Crippen LogP contribution in [-0.4, -0.2) is 22.6 Å². The number of rotatable bonds is 4. The third kappa shape index (κ3) is 2.42. The van der Waals surface area contributed by atoms with Crippen molar-refractivity contribution in [2.75, 3.05) is 6.54 Å². The van der Waals surface area contributed by atoms with E-state index < -0.39 is 23.1 Å². The lowest BCUT2D eigenvalue weighted by Gasteiger charge is -2.32. The van der Waals surface area contributed by atoms with Gasteiger partial charge in [-0.3, -0.25) is 10.1 Å². The van der Waals surface area contributed by atoms with Gasteiger partial charge in [0.25, 0.3) is 0 Å². The van der Waals surface area contributed by atoms with Crippen molar-refractivity contribution in [3.8, 4) is 0 Å². The molecule has 7 heteroatoms. The number of hydrogen-bond acceptors (Lipinski definition) is 2. The van der Waals surface area contributed by atoms with E-state index in [2.05, 4.69) is 4.98 Å². The van der Waals surface area contributed by atoms with Gasteiger partial charge in [0.2, 0.25) is 6.54 Å². The maximum absolute atomic E-state index is 14.2. The second-order valence-corrected chi connectivity index (χ2v) is 5.51. The Hall–Kier alpha value is -2.83. The Kier molecular flexibility index (Phi) is 3.79. The number of para-hydroxylation sites is 1. The summed E-state index contributed by atoms with van der Waals surface area (Å²) < 4.78 is 42.6. The summed E-state index contributed by atoms with van der Waals surface area (Å²) in [6.07, 6.45) is -3.62. The number of aromatic nitrogens is 1. The fourth-order valence-electron chi connectivity index (χ4n) is 3.08. The molecular weight excluding hydrogens is 321 g/mol. The molecular formula is C17H13F3N2O2. The number of alkyl halides is 3. The van der Waals surface area contributed by atoms with E-state index in [0.717, 1.165) is 0 Å². The molecule has 24 heavy (non-hydrogen) atoms. The molecule has 1 aromatic heterocycles. The molecule has 0 aliphatic heterocycles. The molecule has 0 bridgehead atoms. The number of nitro groups is 1. The van der Waals surface area contributed by atoms with E-state index in [-0.39, 0.29) is 11.1 Å². The molecule has 1 N–H and O–H groups in total. The molecule has 3 rings (SSSR count). The normalized spacial score (nSPS) is 14.5. The first-order valence-electron chi connectivity index (χ1n) is 7.17. The fraction of sp³-hybridized carbons (Fsp3) is 0.176. The zero-order valence-corrected chi connectivity index (χ0v) is 12.4. The van der Waals surface area contributed by atoms with Crippen molar-refractivity contribution < 1.29 is 18.1 Å². The standard InChI is InChI=1S/C17H13F3N2O2/c18-17(19,20)16(11-22(23)24,12-6-2-1-3-7-12)14-10-21-15-9-5-4-8-13(14)15/h1-10,21H,11H2/t16-/m1/s1. The predicted molar refractivity (Wildman–Crippen MR) is 83.4 cm³/mol. The van der Waals surface area contributed by atoms with Crippen LogP contribution < -0.4 is 0 Å². The molecule has 124 valence electrons. The van der Waals surface area contributed by atoms with Gasteiger partial charge in [-0.1, -0.05) is 48.5 Å². The summed E-state index contributed by atoms with van der Waals surface area (Å²) in [5.41, 5.74) is -2.52. The largest absolute Gasteiger partial charge is 0.408 e. The van der Waals surface area contributed by atoms with Crippen LogP contribution in [0.15, 0.2) is 60.8 Å². The van der Waals surface area contributed by atoms with E-state index in [1.807, 2.05) is 0 Å². The molecule has 1 atom stereocenters. The summed E-state index contributed by atoms with van der Waals surface area (Å²) in [6.45, 7) is -1.28. The van der Waals surface area contributed by atoms with Gasteiger partial charge in [0.1, 0.15) is 0 Å². The van der Waals surface area contributed by atoms with Crippen molar-refractivity contribution in [3.63, 3.8) is 0 Å². The highest BCUT2D eigenvalue weighted by Crippen LogP contribution is 2.48. The van der Waals surface area contributed by atoms with Gasteiger partial charge >= 0.3 is 6.18 Å². The summed E-state index contributed by atoms with van der Waals surface area (Å²) in [4.78, 5) is 13.0. The zero-order valence-electron chi connectivity index (χ0n) is 12.4. The van der Waals surface area contributed by atoms with Gasteiger partial charge in [-0.15, -0.1) is 0 Å². The van der Waals surface area contributed by atoms with Gasteiger partial charge in [-0.05, 0) is 11.6 Å². The van der Waals surface area contributed by atoms with Crippen LogP contribution in [0.4, 0.5) is 13.2 Å². The van der Waals surface area contributed by atoms with Crippen LogP contribution in [0.2, 0.25) is 0 Å². The molecule has 0 fully saturated rings. The summed E-state index contributed by atoms with van der Waals surface area (Å²) in [7, 11) is 0. The minimum Gasteiger partial charge on any atom is -0.361 e. The van der Waals surface area contributed by atoms with Gasteiger partial charge in [-0.25, -0.2) is 0 Å². The molecule has 0 saturated heterocycles. The highest BCUT2D eigenvalue weighted by atomic mass is 19.4. The number of aromatic amines is 1. The number of fused-ring (bicyclic) bond motifs is 1. The van der Waals surface area contributed by atoms with E-state index in [1.54, 1.807) is 24.3 Å². The maximum Gasteiger partial charge on any atom is 0.408 e. The minimum atomic E-state index is -4.84. The lowest BCUT2D eigenvalue weighted by atomic mass is 9.73. The van der Waals surface area contributed by atoms with Gasteiger partial charge < -0.3 is 4.98 Å². The average Bonchev–Trinajstić information content (AvgIpc) is 2.96. The first kappa shape index (κ1) is 16.0. The topological polar surface area (TPSA) is 58.9 Å². The quantitative estimate of drug-likeness (QED) is 0.571. The lowest BCUT2D eigenvalue weighted by Crippen LogP contribution is -2.48. The SMILES string of the molecule is O=[N+]([O-])C[C@@](c1ccccc1)(c1c[nH]c2ccccc12)C(F)(F)F. The van der Waals surface area contributed by atoms with Gasteiger partial charge in [0.15, 0.2) is 5.41 Å². The fourth-order valence-corrected chi connectivity index (χ4v) is 3.08. The molecule has 0 amide bonds. The van der Waals surface area contributed by atoms with Crippen molar-refractivity contribution in [3.05, 3.63) is 82.0 Å². The minimum absolute atomic E-state index is 0.145. The second-order valence-electron chi connectivity index (χ2n) is 5.51. The highest BCUT2D eigenvalue weighted by Gasteiger charge is 2.61. The molecule has 0 radical (unpaired) electrons. The molecule has 0 unspecified atom stereocenters. The monoisotopic (exact) mass is 334 g/mol. The van der Waals surface area contributed by atoms with Crippen LogP contribution in [0.25, 0.3) is 10.9 Å². The molecule has 0 saturated carbocycles. The summed E-state index contributed by atoms with van der Waals surface area (Å²) in [5, 5.41) is 11.5. The third-order valence-electron chi connectivity index (χ3n) is 4.17. The van der Waals surface area contributed by atoms with E-state index in [4.69, 9.17) is 0 Å². The van der Waals surface area contributed by atoms with Crippen LogP contribution in [0.3, 0.4) is 0 Å². The summed E-state index contributed by atoms with van der Waals surface area (Å²) >= 11 is 0. The Balaban J connectivity index is 2.38. The van der Waals surface area contributed by atoms with Crippen LogP contribution >= 0.6 is 0 Å². The Morgan fingerprint density at radius 2 is 1.62 bits per heavy atom. The molecule has 1 heterocycles. The Morgan fingerprint density at radius 3 is 2.25 bits per heavy atom. The van der Waals surface area contributed by atoms with Crippen molar-refractivity contribution >= 4 is 10.9 Å². The number of benzene rings is 2. The van der Waals surface area contributed by atoms with Crippen molar-refractivity contribution in [1.29, 1.82) is 0 Å². The third-order valence-corrected chi connectivity index (χ3v) is 4.17. The second kappa shape index (κ2) is 5.67. The van der Waals surface area contributed by atoms with Crippen molar-refractivity contribution in [1.82, 2.24) is 4.98 Å². The van der Waals surface area contributed by atoms with E-state index in [0.29, 0.717) is 10.9 Å². The van der Waals surface area contributed by atoms with Crippen LogP contribution in [0.1, 0.15) is 11.1 Å². The van der Waals surface area contributed by atoms with Crippen LogP contribution in [-0.2, 0) is 5.41 Å².